The Balaban J connectivity index is 1.86. The molecule has 106 valence electrons. The molecular weight excluding hydrogens is 266 g/mol. The van der Waals surface area contributed by atoms with Crippen molar-refractivity contribution in [3.8, 4) is 17.1 Å². The van der Waals surface area contributed by atoms with Crippen LogP contribution in [0.1, 0.15) is 5.56 Å². The van der Waals surface area contributed by atoms with Crippen LogP contribution in [0.4, 0.5) is 5.82 Å². The van der Waals surface area contributed by atoms with E-state index in [1.807, 2.05) is 29.0 Å². The van der Waals surface area contributed by atoms with Crippen LogP contribution in [0.5, 0.6) is 5.88 Å². The van der Waals surface area contributed by atoms with Gasteiger partial charge in [0.2, 0.25) is 5.88 Å². The number of nitrogens with two attached hydrogens (primary N) is 1. The van der Waals surface area contributed by atoms with Gasteiger partial charge in [0, 0.05) is 24.0 Å². The summed E-state index contributed by atoms with van der Waals surface area (Å²) in [5.74, 6) is 1.11. The Morgan fingerprint density at radius 2 is 2.00 bits per heavy atom. The van der Waals surface area contributed by atoms with E-state index in [-0.39, 0.29) is 0 Å². The zero-order valence-corrected chi connectivity index (χ0v) is 11.6. The highest BCUT2D eigenvalue weighted by molar-refractivity contribution is 5.59. The maximum atomic E-state index is 5.62. The van der Waals surface area contributed by atoms with Gasteiger partial charge in [0.1, 0.15) is 5.82 Å². The molecule has 0 aliphatic rings. The van der Waals surface area contributed by atoms with Crippen molar-refractivity contribution < 1.29 is 4.74 Å². The third kappa shape index (κ3) is 2.84. The summed E-state index contributed by atoms with van der Waals surface area (Å²) >= 11 is 0. The maximum Gasteiger partial charge on any atom is 0.212 e. The van der Waals surface area contributed by atoms with E-state index in [4.69, 9.17) is 10.5 Å². The predicted octanol–water partition coefficient (Wildman–Crippen LogP) is 1.98. The average molecular weight is 281 g/mol. The van der Waals surface area contributed by atoms with Gasteiger partial charge in [-0.15, -0.1) is 0 Å². The standard InChI is InChI=1S/C15H15N5O/c1-21-15-5-2-11(6-19-15)9-20-10-17-8-13(20)12-3-4-14(16)18-7-12/h2-8,10H,9H2,1H3,(H2,16,18). The molecule has 6 heteroatoms. The number of methoxy groups -OCH3 is 1. The molecular formula is C15H15N5O. The van der Waals surface area contributed by atoms with E-state index in [2.05, 4.69) is 15.0 Å². The second kappa shape index (κ2) is 5.62. The lowest BCUT2D eigenvalue weighted by Crippen LogP contribution is -2.01. The first-order chi connectivity index (χ1) is 10.3. The Morgan fingerprint density at radius 3 is 2.67 bits per heavy atom. The predicted molar refractivity (Wildman–Crippen MR) is 79.8 cm³/mol. The first kappa shape index (κ1) is 13.1. The maximum absolute atomic E-state index is 5.62. The minimum Gasteiger partial charge on any atom is -0.481 e. The van der Waals surface area contributed by atoms with E-state index in [0.717, 1.165) is 16.8 Å². The van der Waals surface area contributed by atoms with Gasteiger partial charge in [-0.1, -0.05) is 6.07 Å². The van der Waals surface area contributed by atoms with Gasteiger partial charge in [-0.2, -0.15) is 0 Å². The van der Waals surface area contributed by atoms with Crippen LogP contribution in [0.3, 0.4) is 0 Å². The van der Waals surface area contributed by atoms with Crippen LogP contribution in [0.25, 0.3) is 11.3 Å². The molecule has 0 radical (unpaired) electrons. The van der Waals surface area contributed by atoms with Crippen molar-refractivity contribution in [2.75, 3.05) is 12.8 Å². The molecule has 0 aliphatic carbocycles. The molecule has 3 rings (SSSR count). The molecule has 0 saturated heterocycles. The monoisotopic (exact) mass is 281 g/mol. The lowest BCUT2D eigenvalue weighted by Gasteiger charge is -2.08. The van der Waals surface area contributed by atoms with Crippen molar-refractivity contribution in [3.05, 3.63) is 54.7 Å². The Kier molecular flexibility index (Phi) is 3.51. The van der Waals surface area contributed by atoms with Crippen LogP contribution in [0, 0.1) is 0 Å². The number of ether oxygens (including phenoxy) is 1. The van der Waals surface area contributed by atoms with Crippen molar-refractivity contribution in [3.63, 3.8) is 0 Å². The quantitative estimate of drug-likeness (QED) is 0.791. The largest absolute Gasteiger partial charge is 0.481 e. The van der Waals surface area contributed by atoms with Crippen molar-refractivity contribution in [2.45, 2.75) is 6.54 Å². The number of hydrogen-bond donors (Lipinski definition) is 1. The highest BCUT2D eigenvalue weighted by Gasteiger charge is 2.06. The lowest BCUT2D eigenvalue weighted by molar-refractivity contribution is 0.397. The van der Waals surface area contributed by atoms with Crippen LogP contribution < -0.4 is 10.5 Å². The highest BCUT2D eigenvalue weighted by atomic mass is 16.5. The van der Waals surface area contributed by atoms with E-state index in [1.165, 1.54) is 0 Å². The molecule has 0 spiro atoms. The van der Waals surface area contributed by atoms with Crippen molar-refractivity contribution in [1.82, 2.24) is 19.5 Å². The summed E-state index contributed by atoms with van der Waals surface area (Å²) in [6.45, 7) is 0.677. The average Bonchev–Trinajstić information content (AvgIpc) is 2.97. The Bertz CT molecular complexity index is 719. The van der Waals surface area contributed by atoms with Crippen LogP contribution in [-0.2, 0) is 6.54 Å². The van der Waals surface area contributed by atoms with E-state index in [0.29, 0.717) is 18.2 Å². The number of imidazole rings is 1. The van der Waals surface area contributed by atoms with Crippen LogP contribution in [-0.4, -0.2) is 26.6 Å². The van der Waals surface area contributed by atoms with Gasteiger partial charge < -0.3 is 15.0 Å². The summed E-state index contributed by atoms with van der Waals surface area (Å²) in [5.41, 5.74) is 8.64. The fourth-order valence-corrected chi connectivity index (χ4v) is 2.07. The highest BCUT2D eigenvalue weighted by Crippen LogP contribution is 2.20. The fourth-order valence-electron chi connectivity index (χ4n) is 2.07. The smallest absolute Gasteiger partial charge is 0.212 e. The summed E-state index contributed by atoms with van der Waals surface area (Å²) in [4.78, 5) is 12.5. The third-order valence-electron chi connectivity index (χ3n) is 3.15. The minimum absolute atomic E-state index is 0.504. The second-order valence-electron chi connectivity index (χ2n) is 4.59. The topological polar surface area (TPSA) is 78.9 Å². The molecule has 0 unspecified atom stereocenters. The SMILES string of the molecule is COc1ccc(Cn2cncc2-c2ccc(N)nc2)cn1. The molecule has 0 amide bonds. The first-order valence-corrected chi connectivity index (χ1v) is 6.47. The number of rotatable bonds is 4. The summed E-state index contributed by atoms with van der Waals surface area (Å²) in [6, 6.07) is 7.54. The molecule has 0 saturated carbocycles. The van der Waals surface area contributed by atoms with Gasteiger partial charge >= 0.3 is 0 Å². The van der Waals surface area contributed by atoms with Crippen LogP contribution in [0.2, 0.25) is 0 Å². The molecule has 3 aromatic rings. The molecule has 0 fully saturated rings. The Hall–Kier alpha value is -2.89. The van der Waals surface area contributed by atoms with Gasteiger partial charge in [-0.3, -0.25) is 0 Å². The van der Waals surface area contributed by atoms with Crippen LogP contribution in [0.15, 0.2) is 49.2 Å². The molecule has 0 aliphatic heterocycles. The summed E-state index contributed by atoms with van der Waals surface area (Å²) in [5, 5.41) is 0. The van der Waals surface area contributed by atoms with Crippen molar-refractivity contribution in [1.29, 1.82) is 0 Å². The van der Waals surface area contributed by atoms with Crippen LogP contribution >= 0.6 is 0 Å². The molecule has 3 aromatic heterocycles. The summed E-state index contributed by atoms with van der Waals surface area (Å²) < 4.78 is 7.10. The number of nitrogen functional groups attached to an aromatic ring is 1. The Labute approximate surface area is 122 Å². The molecule has 3 heterocycles. The number of nitrogens with zero attached hydrogens (tertiary/aromatic N) is 4. The molecule has 0 bridgehead atoms. The van der Waals surface area contributed by atoms with Gasteiger partial charge in [0.25, 0.3) is 0 Å². The number of anilines is 1. The summed E-state index contributed by atoms with van der Waals surface area (Å²) in [7, 11) is 1.60. The van der Waals surface area contributed by atoms with Gasteiger partial charge in [-0.25, -0.2) is 15.0 Å². The first-order valence-electron chi connectivity index (χ1n) is 6.47. The van der Waals surface area contributed by atoms with Crippen molar-refractivity contribution in [2.24, 2.45) is 0 Å². The second-order valence-corrected chi connectivity index (χ2v) is 4.59. The molecule has 6 nitrogen and oxygen atoms in total. The normalized spacial score (nSPS) is 10.5. The van der Waals surface area contributed by atoms with Crippen molar-refractivity contribution >= 4 is 5.82 Å². The molecule has 2 N–H and O–H groups in total. The number of hydrogen-bond acceptors (Lipinski definition) is 5. The lowest BCUT2D eigenvalue weighted by atomic mass is 10.2. The molecule has 0 aromatic carbocycles. The van der Waals surface area contributed by atoms with E-state index in [9.17, 15) is 0 Å². The third-order valence-corrected chi connectivity index (χ3v) is 3.15. The molecule has 0 atom stereocenters. The summed E-state index contributed by atoms with van der Waals surface area (Å²) in [6.07, 6.45) is 7.14. The zero-order valence-electron chi connectivity index (χ0n) is 11.6. The van der Waals surface area contributed by atoms with E-state index >= 15 is 0 Å². The van der Waals surface area contributed by atoms with Gasteiger partial charge in [0.15, 0.2) is 0 Å². The fraction of sp³-hybridized carbons (Fsp3) is 0.133. The van der Waals surface area contributed by atoms with Gasteiger partial charge in [-0.05, 0) is 17.7 Å². The van der Waals surface area contributed by atoms with E-state index in [1.54, 1.807) is 31.9 Å². The van der Waals surface area contributed by atoms with Gasteiger partial charge in [0.05, 0.1) is 31.9 Å². The number of pyridine rings is 2. The minimum atomic E-state index is 0.504. The molecule has 21 heavy (non-hydrogen) atoms. The zero-order chi connectivity index (χ0) is 14.7. The Morgan fingerprint density at radius 1 is 1.10 bits per heavy atom. The van der Waals surface area contributed by atoms with E-state index < -0.39 is 0 Å². The number of aromatic nitrogens is 4.